The van der Waals surface area contributed by atoms with Crippen LogP contribution in [0.1, 0.15) is 67.6 Å². The number of nitrogens with zero attached hydrogens (tertiary/aromatic N) is 1. The van der Waals surface area contributed by atoms with E-state index in [4.69, 9.17) is 4.74 Å². The number of hydrogen-bond donors (Lipinski definition) is 1. The molecule has 0 aliphatic carbocycles. The van der Waals surface area contributed by atoms with Crippen LogP contribution in [0, 0.1) is 6.92 Å². The van der Waals surface area contributed by atoms with Crippen LogP contribution in [0.3, 0.4) is 0 Å². The maximum absolute atomic E-state index is 12.6. The molecule has 1 heterocycles. The molecule has 1 aliphatic rings. The van der Waals surface area contributed by atoms with E-state index >= 15 is 0 Å². The monoisotopic (exact) mass is 408 g/mol. The number of benzene rings is 2. The summed E-state index contributed by atoms with van der Waals surface area (Å²) in [6.45, 7) is 8.23. The second-order valence-electron chi connectivity index (χ2n) is 8.29. The van der Waals surface area contributed by atoms with Crippen LogP contribution >= 0.6 is 0 Å². The number of amides is 2. The smallest absolute Gasteiger partial charge is 0.260 e. The summed E-state index contributed by atoms with van der Waals surface area (Å²) >= 11 is 0. The zero-order chi connectivity index (χ0) is 21.7. The fraction of sp³-hybridized carbons (Fsp3) is 0.440. The van der Waals surface area contributed by atoms with Gasteiger partial charge in [-0.2, -0.15) is 0 Å². The quantitative estimate of drug-likeness (QED) is 0.757. The first-order chi connectivity index (χ1) is 14.4. The van der Waals surface area contributed by atoms with Gasteiger partial charge in [0.1, 0.15) is 5.75 Å². The highest BCUT2D eigenvalue weighted by molar-refractivity contribution is 5.94. The molecule has 0 bridgehead atoms. The number of piperidine rings is 1. The van der Waals surface area contributed by atoms with Crippen molar-refractivity contribution in [1.29, 1.82) is 0 Å². The molecular formula is C25H32N2O3. The highest BCUT2D eigenvalue weighted by atomic mass is 16.5. The number of aryl methyl sites for hydroxylation is 1. The fourth-order valence-corrected chi connectivity index (χ4v) is 4.27. The molecular weight excluding hydrogens is 376 g/mol. The molecule has 1 N–H and O–H groups in total. The lowest BCUT2D eigenvalue weighted by molar-refractivity contribution is -0.139. The van der Waals surface area contributed by atoms with Gasteiger partial charge in [0.2, 0.25) is 0 Å². The number of hydrogen-bond acceptors (Lipinski definition) is 3. The molecule has 2 amide bonds. The topological polar surface area (TPSA) is 58.6 Å². The van der Waals surface area contributed by atoms with Crippen LogP contribution in [-0.4, -0.2) is 35.4 Å². The van der Waals surface area contributed by atoms with Crippen molar-refractivity contribution in [3.05, 3.63) is 65.2 Å². The van der Waals surface area contributed by atoms with Crippen molar-refractivity contribution in [3.63, 3.8) is 0 Å². The first kappa shape index (κ1) is 21.9. The van der Waals surface area contributed by atoms with Crippen molar-refractivity contribution in [3.8, 4) is 5.75 Å². The summed E-state index contributed by atoms with van der Waals surface area (Å²) in [5, 5.41) is 3.04. The zero-order valence-electron chi connectivity index (χ0n) is 18.4. The Morgan fingerprint density at radius 3 is 2.33 bits per heavy atom. The molecule has 2 aromatic carbocycles. The predicted octanol–water partition coefficient (Wildman–Crippen LogP) is 4.65. The molecule has 5 heteroatoms. The predicted molar refractivity (Wildman–Crippen MR) is 119 cm³/mol. The average molecular weight is 409 g/mol. The Morgan fingerprint density at radius 1 is 1.07 bits per heavy atom. The molecule has 2 aromatic rings. The molecule has 3 atom stereocenters. The number of likely N-dealkylation sites (tertiary alicyclic amines) is 1. The van der Waals surface area contributed by atoms with Gasteiger partial charge in [0.05, 0.1) is 6.04 Å². The van der Waals surface area contributed by atoms with E-state index in [2.05, 4.69) is 19.2 Å². The standard InChI is InChI=1S/C25H32N2O3/c1-17-8-5-6-11-23(17)20(4)26-25(29)21-12-14-22(15-13-21)30-16-24(28)27-18(2)9-7-10-19(27)3/h5-6,8,11-15,18-20H,7,9-10,16H2,1-4H3,(H,26,29). The molecule has 1 fully saturated rings. The summed E-state index contributed by atoms with van der Waals surface area (Å²) < 4.78 is 5.70. The maximum atomic E-state index is 12.6. The third kappa shape index (κ3) is 5.21. The third-order valence-electron chi connectivity index (χ3n) is 5.96. The zero-order valence-corrected chi connectivity index (χ0v) is 18.4. The minimum absolute atomic E-state index is 0.0172. The molecule has 3 unspecified atom stereocenters. The number of carbonyl (C=O) groups excluding carboxylic acids is 2. The number of carbonyl (C=O) groups is 2. The molecule has 1 saturated heterocycles. The summed E-state index contributed by atoms with van der Waals surface area (Å²) in [5.74, 6) is 0.470. The summed E-state index contributed by atoms with van der Waals surface area (Å²) in [6, 6.07) is 15.4. The maximum Gasteiger partial charge on any atom is 0.260 e. The largest absolute Gasteiger partial charge is 0.484 e. The van der Waals surface area contributed by atoms with E-state index in [9.17, 15) is 9.59 Å². The molecule has 0 saturated carbocycles. The molecule has 1 aliphatic heterocycles. The van der Waals surface area contributed by atoms with Crippen LogP contribution in [0.15, 0.2) is 48.5 Å². The molecule has 3 rings (SSSR count). The van der Waals surface area contributed by atoms with E-state index in [0.717, 1.165) is 24.0 Å². The fourth-order valence-electron chi connectivity index (χ4n) is 4.27. The Hall–Kier alpha value is -2.82. The molecule has 0 radical (unpaired) electrons. The first-order valence-corrected chi connectivity index (χ1v) is 10.8. The Morgan fingerprint density at radius 2 is 1.70 bits per heavy atom. The van der Waals surface area contributed by atoms with Gasteiger partial charge in [0.15, 0.2) is 6.61 Å². The summed E-state index contributed by atoms with van der Waals surface area (Å²) in [5.41, 5.74) is 2.81. The van der Waals surface area contributed by atoms with E-state index in [0.29, 0.717) is 11.3 Å². The van der Waals surface area contributed by atoms with Gasteiger partial charge in [-0.25, -0.2) is 0 Å². The van der Waals surface area contributed by atoms with Gasteiger partial charge in [-0.3, -0.25) is 9.59 Å². The van der Waals surface area contributed by atoms with Gasteiger partial charge in [0, 0.05) is 17.6 Å². The number of ether oxygens (including phenoxy) is 1. The lowest BCUT2D eigenvalue weighted by Crippen LogP contribution is -2.49. The lowest BCUT2D eigenvalue weighted by atomic mass is 9.97. The third-order valence-corrected chi connectivity index (χ3v) is 5.96. The second-order valence-corrected chi connectivity index (χ2v) is 8.29. The van der Waals surface area contributed by atoms with Crippen LogP contribution in [0.25, 0.3) is 0 Å². The Bertz CT molecular complexity index is 868. The first-order valence-electron chi connectivity index (χ1n) is 10.8. The molecule has 160 valence electrons. The summed E-state index contributed by atoms with van der Waals surface area (Å²) in [6.07, 6.45) is 3.25. The van der Waals surface area contributed by atoms with E-state index in [1.807, 2.05) is 43.0 Å². The minimum Gasteiger partial charge on any atom is -0.484 e. The van der Waals surface area contributed by atoms with Crippen LogP contribution in [0.2, 0.25) is 0 Å². The Labute approximate surface area is 179 Å². The van der Waals surface area contributed by atoms with Gasteiger partial charge in [-0.15, -0.1) is 0 Å². The SMILES string of the molecule is Cc1ccccc1C(C)NC(=O)c1ccc(OCC(=O)N2C(C)CCCC2C)cc1. The summed E-state index contributed by atoms with van der Waals surface area (Å²) in [4.78, 5) is 27.1. The summed E-state index contributed by atoms with van der Waals surface area (Å²) in [7, 11) is 0. The van der Waals surface area contributed by atoms with Crippen molar-refractivity contribution in [2.75, 3.05) is 6.61 Å². The van der Waals surface area contributed by atoms with Crippen molar-refractivity contribution in [2.24, 2.45) is 0 Å². The van der Waals surface area contributed by atoms with E-state index < -0.39 is 0 Å². The van der Waals surface area contributed by atoms with Crippen LogP contribution < -0.4 is 10.1 Å². The number of rotatable bonds is 6. The van der Waals surface area contributed by atoms with Crippen molar-refractivity contribution in [1.82, 2.24) is 10.2 Å². The number of nitrogens with one attached hydrogen (secondary N) is 1. The highest BCUT2D eigenvalue weighted by Crippen LogP contribution is 2.23. The van der Waals surface area contributed by atoms with Gasteiger partial charge < -0.3 is 15.0 Å². The molecule has 0 aromatic heterocycles. The van der Waals surface area contributed by atoms with Gasteiger partial charge >= 0.3 is 0 Å². The van der Waals surface area contributed by atoms with Crippen molar-refractivity contribution >= 4 is 11.8 Å². The van der Waals surface area contributed by atoms with Gasteiger partial charge in [-0.1, -0.05) is 24.3 Å². The minimum atomic E-state index is -0.135. The van der Waals surface area contributed by atoms with E-state index in [1.165, 1.54) is 6.42 Å². The van der Waals surface area contributed by atoms with Gasteiger partial charge in [0.25, 0.3) is 11.8 Å². The van der Waals surface area contributed by atoms with Crippen LogP contribution in [-0.2, 0) is 4.79 Å². The van der Waals surface area contributed by atoms with Crippen molar-refractivity contribution < 1.29 is 14.3 Å². The van der Waals surface area contributed by atoms with E-state index in [1.54, 1.807) is 24.3 Å². The molecule has 5 nitrogen and oxygen atoms in total. The van der Waals surface area contributed by atoms with Gasteiger partial charge in [-0.05, 0) is 82.3 Å². The Kier molecular flexibility index (Phi) is 7.14. The van der Waals surface area contributed by atoms with Crippen LogP contribution in [0.5, 0.6) is 5.75 Å². The normalized spacial score (nSPS) is 19.8. The lowest BCUT2D eigenvalue weighted by Gasteiger charge is -2.38. The second kappa shape index (κ2) is 9.79. The highest BCUT2D eigenvalue weighted by Gasteiger charge is 2.29. The molecule has 30 heavy (non-hydrogen) atoms. The Balaban J connectivity index is 1.55. The average Bonchev–Trinajstić information content (AvgIpc) is 2.72. The van der Waals surface area contributed by atoms with Crippen LogP contribution in [0.4, 0.5) is 0 Å². The molecule has 0 spiro atoms. The van der Waals surface area contributed by atoms with E-state index in [-0.39, 0.29) is 36.5 Å². The van der Waals surface area contributed by atoms with Crippen molar-refractivity contribution in [2.45, 2.75) is 65.1 Å².